The zero-order valence-corrected chi connectivity index (χ0v) is 19.5. The lowest BCUT2D eigenvalue weighted by Gasteiger charge is -2.14. The van der Waals surface area contributed by atoms with E-state index in [9.17, 15) is 14.4 Å². The van der Waals surface area contributed by atoms with Crippen molar-refractivity contribution in [2.75, 3.05) is 12.0 Å². The summed E-state index contributed by atoms with van der Waals surface area (Å²) in [4.78, 5) is 42.3. The van der Waals surface area contributed by atoms with Crippen LogP contribution in [0.5, 0.6) is 5.75 Å². The van der Waals surface area contributed by atoms with Crippen LogP contribution in [0.1, 0.15) is 16.8 Å². The Morgan fingerprint density at radius 1 is 0.829 bits per heavy atom. The molecular formula is C27H23N4O4+. The highest BCUT2D eigenvalue weighted by Crippen LogP contribution is 2.34. The second-order valence-corrected chi connectivity index (χ2v) is 8.24. The maximum absolute atomic E-state index is 13.8. The molecule has 1 aliphatic heterocycles. The van der Waals surface area contributed by atoms with Crippen molar-refractivity contribution < 1.29 is 18.9 Å². The topological polar surface area (TPSA) is 88.3 Å². The van der Waals surface area contributed by atoms with Crippen molar-refractivity contribution in [1.82, 2.24) is 9.78 Å². The first-order valence-electron chi connectivity index (χ1n) is 11.0. The molecule has 0 spiro atoms. The standard InChI is InChI=1S/C27H22N4O4/c1-17-8-7-15-29(16-17)24-23(22-18(2)28-31(26(22)33)20-9-5-4-6-10-20)25(32)30(27(24)34)19-11-13-21(35-3)14-12-19/h4-16H,1-3H3/p+1. The summed E-state index contributed by atoms with van der Waals surface area (Å²) in [5, 5.41) is 3.06. The van der Waals surface area contributed by atoms with Gasteiger partial charge in [0.2, 0.25) is 0 Å². The van der Waals surface area contributed by atoms with E-state index in [1.807, 2.05) is 31.2 Å². The largest absolute Gasteiger partial charge is 0.497 e. The number of ether oxygens (including phenoxy) is 1. The first kappa shape index (κ1) is 22.1. The van der Waals surface area contributed by atoms with Crippen LogP contribution in [-0.2, 0) is 9.59 Å². The first-order chi connectivity index (χ1) is 16.9. The third kappa shape index (κ3) is 3.65. The molecule has 35 heavy (non-hydrogen) atoms. The number of hydrogen-bond donors (Lipinski definition) is 1. The van der Waals surface area contributed by atoms with E-state index in [2.05, 4.69) is 5.10 Å². The minimum Gasteiger partial charge on any atom is -0.497 e. The van der Waals surface area contributed by atoms with Crippen LogP contribution < -0.4 is 19.8 Å². The molecule has 0 bridgehead atoms. The number of rotatable bonds is 5. The predicted octanol–water partition coefficient (Wildman–Crippen LogP) is 3.02. The zero-order valence-electron chi connectivity index (χ0n) is 19.5. The minimum absolute atomic E-state index is 0.0508. The number of para-hydroxylation sites is 1. The Hall–Kier alpha value is -4.72. The second-order valence-electron chi connectivity index (χ2n) is 8.24. The van der Waals surface area contributed by atoms with Crippen LogP contribution in [0.3, 0.4) is 0 Å². The smallest absolute Gasteiger partial charge is 0.331 e. The number of nitrogens with one attached hydrogen (secondary N) is 1. The molecule has 0 unspecified atom stereocenters. The molecule has 0 aliphatic carbocycles. The monoisotopic (exact) mass is 467 g/mol. The second kappa shape index (κ2) is 8.57. The molecule has 2 aromatic heterocycles. The Balaban J connectivity index is 1.74. The van der Waals surface area contributed by atoms with Crippen LogP contribution >= 0.6 is 0 Å². The van der Waals surface area contributed by atoms with Crippen molar-refractivity contribution in [2.45, 2.75) is 13.8 Å². The number of carbonyl (C=O) groups is 2. The highest BCUT2D eigenvalue weighted by Gasteiger charge is 2.48. The number of aryl methyl sites for hydroxylation is 2. The number of pyridine rings is 1. The van der Waals surface area contributed by atoms with Crippen LogP contribution in [0.15, 0.2) is 83.9 Å². The lowest BCUT2D eigenvalue weighted by molar-refractivity contribution is -0.577. The Kier molecular flexibility index (Phi) is 5.41. The number of carbonyl (C=O) groups excluding carboxylic acids is 2. The average Bonchev–Trinajstić information content (AvgIpc) is 3.30. The molecular weight excluding hydrogens is 444 g/mol. The molecule has 4 aromatic rings. The summed E-state index contributed by atoms with van der Waals surface area (Å²) in [6.07, 6.45) is 3.46. The van der Waals surface area contributed by atoms with Crippen LogP contribution in [0.2, 0.25) is 0 Å². The molecule has 3 heterocycles. The van der Waals surface area contributed by atoms with Gasteiger partial charge in [-0.25, -0.2) is 9.58 Å². The summed E-state index contributed by atoms with van der Waals surface area (Å²) in [6, 6.07) is 19.4. The summed E-state index contributed by atoms with van der Waals surface area (Å²) in [5.74, 6) is -0.484. The van der Waals surface area contributed by atoms with Crippen molar-refractivity contribution in [1.29, 1.82) is 0 Å². The number of methoxy groups -OCH3 is 1. The molecule has 0 atom stereocenters. The summed E-state index contributed by atoms with van der Waals surface area (Å²) >= 11 is 0. The predicted molar refractivity (Wildman–Crippen MR) is 131 cm³/mol. The van der Waals surface area contributed by atoms with Gasteiger partial charge in [-0.1, -0.05) is 18.2 Å². The number of H-pyrrole nitrogens is 1. The fourth-order valence-electron chi connectivity index (χ4n) is 4.28. The molecule has 0 saturated carbocycles. The van der Waals surface area contributed by atoms with E-state index < -0.39 is 17.4 Å². The van der Waals surface area contributed by atoms with Crippen molar-refractivity contribution in [3.05, 3.63) is 106 Å². The zero-order chi connectivity index (χ0) is 24.7. The number of amides is 2. The van der Waals surface area contributed by atoms with Crippen LogP contribution in [0.25, 0.3) is 17.0 Å². The highest BCUT2D eigenvalue weighted by atomic mass is 16.5. The average molecular weight is 468 g/mol. The van der Waals surface area contributed by atoms with Gasteiger partial charge in [0.1, 0.15) is 11.3 Å². The molecule has 0 saturated heterocycles. The molecule has 8 nitrogen and oxygen atoms in total. The van der Waals surface area contributed by atoms with E-state index in [0.29, 0.717) is 22.8 Å². The number of aromatic amines is 1. The fraction of sp³-hybridized carbons (Fsp3) is 0.111. The van der Waals surface area contributed by atoms with Crippen molar-refractivity contribution in [2.24, 2.45) is 0 Å². The number of anilines is 1. The van der Waals surface area contributed by atoms with Gasteiger partial charge in [-0.05, 0) is 56.3 Å². The van der Waals surface area contributed by atoms with Crippen LogP contribution in [-0.4, -0.2) is 28.7 Å². The summed E-state index contributed by atoms with van der Waals surface area (Å²) in [7, 11) is 1.54. The lowest BCUT2D eigenvalue weighted by atomic mass is 10.1. The van der Waals surface area contributed by atoms with E-state index in [-0.39, 0.29) is 16.8 Å². The molecule has 0 fully saturated rings. The van der Waals surface area contributed by atoms with Crippen LogP contribution in [0.4, 0.5) is 5.69 Å². The van der Waals surface area contributed by atoms with E-state index >= 15 is 0 Å². The first-order valence-corrected chi connectivity index (χ1v) is 11.0. The number of hydrogen-bond acceptors (Lipinski definition) is 4. The van der Waals surface area contributed by atoms with E-state index in [4.69, 9.17) is 4.74 Å². The number of aromatic nitrogens is 3. The highest BCUT2D eigenvalue weighted by molar-refractivity contribution is 6.53. The normalized spacial score (nSPS) is 13.6. The van der Waals surface area contributed by atoms with E-state index in [0.717, 1.165) is 10.5 Å². The fourth-order valence-corrected chi connectivity index (χ4v) is 4.28. The number of imide groups is 1. The molecule has 2 aromatic carbocycles. The Bertz CT molecular complexity index is 1550. The SMILES string of the molecule is COc1ccc(N2C(=O)C(c3c(C)[nH]n(-c4ccccc4)c3=O)=C([n+]3cccc(C)c3)C2=O)cc1. The third-order valence-electron chi connectivity index (χ3n) is 5.93. The molecule has 1 N–H and O–H groups in total. The maximum Gasteiger partial charge on any atom is 0.331 e. The van der Waals surface area contributed by atoms with Gasteiger partial charge in [0.05, 0.1) is 24.0 Å². The lowest BCUT2D eigenvalue weighted by Crippen LogP contribution is -2.39. The molecule has 5 rings (SSSR count). The Morgan fingerprint density at radius 2 is 1.54 bits per heavy atom. The van der Waals surface area contributed by atoms with Crippen LogP contribution in [0, 0.1) is 13.8 Å². The van der Waals surface area contributed by atoms with Gasteiger partial charge < -0.3 is 4.74 Å². The Morgan fingerprint density at radius 3 is 2.20 bits per heavy atom. The molecule has 0 radical (unpaired) electrons. The molecule has 8 heteroatoms. The van der Waals surface area contributed by atoms with Crippen molar-refractivity contribution in [3.63, 3.8) is 0 Å². The van der Waals surface area contributed by atoms with E-state index in [1.54, 1.807) is 73.5 Å². The molecule has 1 aliphatic rings. The summed E-state index contributed by atoms with van der Waals surface area (Å²) < 4.78 is 8.19. The molecule has 174 valence electrons. The van der Waals surface area contributed by atoms with Gasteiger partial charge in [-0.2, -0.15) is 4.57 Å². The third-order valence-corrected chi connectivity index (χ3v) is 5.93. The van der Waals surface area contributed by atoms with Gasteiger partial charge in [-0.15, -0.1) is 0 Å². The number of benzene rings is 2. The van der Waals surface area contributed by atoms with Crippen molar-refractivity contribution >= 4 is 28.8 Å². The van der Waals surface area contributed by atoms with Gasteiger partial charge in [0, 0.05) is 17.3 Å². The van der Waals surface area contributed by atoms with Crippen molar-refractivity contribution in [3.8, 4) is 11.4 Å². The summed E-state index contributed by atoms with van der Waals surface area (Å²) in [6.45, 7) is 3.61. The van der Waals surface area contributed by atoms with Gasteiger partial charge >= 0.3 is 5.91 Å². The maximum atomic E-state index is 13.8. The van der Waals surface area contributed by atoms with Gasteiger partial charge in [0.25, 0.3) is 17.2 Å². The van der Waals surface area contributed by atoms with Gasteiger partial charge in [0.15, 0.2) is 12.4 Å². The number of nitrogens with zero attached hydrogens (tertiary/aromatic N) is 3. The quantitative estimate of drug-likeness (QED) is 0.361. The minimum atomic E-state index is -0.566. The summed E-state index contributed by atoms with van der Waals surface area (Å²) in [5.41, 5.74) is 2.31. The van der Waals surface area contributed by atoms with E-state index in [1.165, 1.54) is 4.68 Å². The van der Waals surface area contributed by atoms with Gasteiger partial charge in [-0.3, -0.25) is 19.5 Å². The molecule has 2 amide bonds. The Labute approximate surface area is 201 Å².